The van der Waals surface area contributed by atoms with Crippen LogP contribution in [-0.2, 0) is 4.79 Å². The molecule has 0 aromatic heterocycles. The molecule has 11 heavy (non-hydrogen) atoms. The molecule has 0 aromatic carbocycles. The van der Waals surface area contributed by atoms with Crippen LogP contribution in [-0.4, -0.2) is 49.2 Å². The lowest BCUT2D eigenvalue weighted by atomic mass is 10.4. The predicted molar refractivity (Wildman–Crippen MR) is 43.3 cm³/mol. The molecule has 2 N–H and O–H groups in total. The molecule has 1 heterocycles. The Balaban J connectivity index is 0.000000461. The Morgan fingerprint density at radius 1 is 1.36 bits per heavy atom. The van der Waals surface area contributed by atoms with E-state index in [-0.39, 0.29) is 5.91 Å². The highest BCUT2D eigenvalue weighted by Crippen LogP contribution is 1.90. The van der Waals surface area contributed by atoms with E-state index in [1.54, 1.807) is 6.92 Å². The van der Waals surface area contributed by atoms with Crippen LogP contribution in [0.15, 0.2) is 0 Å². The summed E-state index contributed by atoms with van der Waals surface area (Å²) in [5.41, 5.74) is 0. The Kier molecular flexibility index (Phi) is 5.78. The molecule has 1 saturated heterocycles. The second-order valence-electron chi connectivity index (χ2n) is 2.26. The summed E-state index contributed by atoms with van der Waals surface area (Å²) in [4.78, 5) is 12.6. The highest BCUT2D eigenvalue weighted by Gasteiger charge is 2.10. The average Bonchev–Trinajstić information content (AvgIpc) is 2.10. The van der Waals surface area contributed by atoms with Gasteiger partial charge in [-0.25, -0.2) is 0 Å². The number of rotatable bonds is 0. The zero-order valence-corrected chi connectivity index (χ0v) is 7.13. The Morgan fingerprint density at radius 3 is 2.09 bits per heavy atom. The molecule has 0 aliphatic carbocycles. The molecule has 1 aliphatic heterocycles. The first kappa shape index (κ1) is 10.4. The van der Waals surface area contributed by atoms with Gasteiger partial charge in [-0.3, -0.25) is 4.79 Å². The smallest absolute Gasteiger partial charge is 0.219 e. The van der Waals surface area contributed by atoms with Crippen LogP contribution in [0, 0.1) is 0 Å². The molecule has 0 saturated carbocycles. The molecule has 0 unspecified atom stereocenters. The van der Waals surface area contributed by atoms with Gasteiger partial charge in [-0.1, -0.05) is 0 Å². The maximum Gasteiger partial charge on any atom is 0.219 e. The molecule has 1 fully saturated rings. The van der Waals surface area contributed by atoms with E-state index in [9.17, 15) is 4.79 Å². The van der Waals surface area contributed by atoms with Gasteiger partial charge in [0.05, 0.1) is 0 Å². The summed E-state index contributed by atoms with van der Waals surface area (Å²) in [5, 5.41) is 10.2. The normalized spacial score (nSPS) is 16.8. The van der Waals surface area contributed by atoms with E-state index in [0.717, 1.165) is 33.3 Å². The van der Waals surface area contributed by atoms with E-state index < -0.39 is 0 Å². The first-order valence-corrected chi connectivity index (χ1v) is 3.71. The molecular weight excluding hydrogens is 144 g/mol. The Bertz CT molecular complexity index is 111. The molecule has 1 rings (SSSR count). The first-order chi connectivity index (χ1) is 5.30. The summed E-state index contributed by atoms with van der Waals surface area (Å²) in [7, 11) is 1.00. The van der Waals surface area contributed by atoms with E-state index in [4.69, 9.17) is 5.11 Å². The molecule has 0 spiro atoms. The molecule has 4 nitrogen and oxygen atoms in total. The van der Waals surface area contributed by atoms with Crippen LogP contribution in [0.25, 0.3) is 0 Å². The molecule has 0 bridgehead atoms. The van der Waals surface area contributed by atoms with Crippen LogP contribution in [0.5, 0.6) is 0 Å². The van der Waals surface area contributed by atoms with E-state index in [1.807, 2.05) is 4.90 Å². The molecule has 1 amide bonds. The third kappa shape index (κ3) is 3.95. The number of aliphatic hydroxyl groups is 1. The monoisotopic (exact) mass is 160 g/mol. The van der Waals surface area contributed by atoms with Gasteiger partial charge in [0.25, 0.3) is 0 Å². The zero-order chi connectivity index (χ0) is 8.69. The standard InChI is InChI=1S/C6H12N2O.CH4O/c1-6(9)8-4-2-7-3-5-8;1-2/h7H,2-5H2,1H3;2H,1H3. The SMILES string of the molecule is CC(=O)N1CCNCC1.CO. The van der Waals surface area contributed by atoms with Crippen LogP contribution in [0.3, 0.4) is 0 Å². The van der Waals surface area contributed by atoms with Gasteiger partial charge in [-0.05, 0) is 0 Å². The number of carbonyl (C=O) groups excluding carboxylic acids is 1. The van der Waals surface area contributed by atoms with Crippen molar-refractivity contribution in [3.05, 3.63) is 0 Å². The second-order valence-corrected chi connectivity index (χ2v) is 2.26. The summed E-state index contributed by atoms with van der Waals surface area (Å²) >= 11 is 0. The largest absolute Gasteiger partial charge is 0.400 e. The Labute approximate surface area is 67.2 Å². The molecule has 1 aliphatic rings. The average molecular weight is 160 g/mol. The van der Waals surface area contributed by atoms with Gasteiger partial charge in [-0.2, -0.15) is 0 Å². The minimum absolute atomic E-state index is 0.191. The van der Waals surface area contributed by atoms with Crippen LogP contribution >= 0.6 is 0 Å². The van der Waals surface area contributed by atoms with Gasteiger partial charge >= 0.3 is 0 Å². The fraction of sp³-hybridized carbons (Fsp3) is 0.857. The molecule has 0 radical (unpaired) electrons. The third-order valence-electron chi connectivity index (χ3n) is 1.56. The van der Waals surface area contributed by atoms with Gasteiger partial charge in [-0.15, -0.1) is 0 Å². The summed E-state index contributed by atoms with van der Waals surface area (Å²) in [6, 6.07) is 0. The Morgan fingerprint density at radius 2 is 1.82 bits per heavy atom. The molecule has 0 aromatic rings. The molecule has 0 atom stereocenters. The number of piperazine rings is 1. The first-order valence-electron chi connectivity index (χ1n) is 3.71. The van der Waals surface area contributed by atoms with Crippen molar-refractivity contribution in [2.75, 3.05) is 33.3 Å². The fourth-order valence-corrected chi connectivity index (χ4v) is 0.980. The predicted octanol–water partition coefficient (Wildman–Crippen LogP) is -0.953. The number of amides is 1. The van der Waals surface area contributed by atoms with Gasteiger partial charge in [0, 0.05) is 40.2 Å². The van der Waals surface area contributed by atoms with E-state index >= 15 is 0 Å². The van der Waals surface area contributed by atoms with Crippen LogP contribution in [0.1, 0.15) is 6.92 Å². The number of nitrogens with zero attached hydrogens (tertiary/aromatic N) is 1. The number of carbonyl (C=O) groups is 1. The maximum atomic E-state index is 10.7. The van der Waals surface area contributed by atoms with Crippen LogP contribution < -0.4 is 5.32 Å². The summed E-state index contributed by atoms with van der Waals surface area (Å²) in [5.74, 6) is 0.191. The van der Waals surface area contributed by atoms with Gasteiger partial charge < -0.3 is 15.3 Å². The van der Waals surface area contributed by atoms with Gasteiger partial charge in [0.1, 0.15) is 0 Å². The van der Waals surface area contributed by atoms with E-state index in [1.165, 1.54) is 0 Å². The van der Waals surface area contributed by atoms with Crippen molar-refractivity contribution in [2.45, 2.75) is 6.92 Å². The van der Waals surface area contributed by atoms with Crippen molar-refractivity contribution in [1.29, 1.82) is 0 Å². The van der Waals surface area contributed by atoms with Crippen molar-refractivity contribution < 1.29 is 9.90 Å². The number of nitrogens with one attached hydrogen (secondary N) is 1. The minimum atomic E-state index is 0.191. The zero-order valence-electron chi connectivity index (χ0n) is 7.13. The lowest BCUT2D eigenvalue weighted by Gasteiger charge is -2.25. The summed E-state index contributed by atoms with van der Waals surface area (Å²) in [6.07, 6.45) is 0. The number of hydrogen-bond acceptors (Lipinski definition) is 3. The number of aliphatic hydroxyl groups excluding tert-OH is 1. The topological polar surface area (TPSA) is 52.6 Å². The van der Waals surface area contributed by atoms with Crippen molar-refractivity contribution in [2.24, 2.45) is 0 Å². The highest BCUT2D eigenvalue weighted by atomic mass is 16.2. The van der Waals surface area contributed by atoms with E-state index in [2.05, 4.69) is 5.32 Å². The van der Waals surface area contributed by atoms with Gasteiger partial charge in [0.15, 0.2) is 0 Å². The molecule has 66 valence electrons. The van der Waals surface area contributed by atoms with Crippen molar-refractivity contribution in [3.63, 3.8) is 0 Å². The quantitative estimate of drug-likeness (QED) is 0.480. The number of hydrogen-bond donors (Lipinski definition) is 2. The summed E-state index contributed by atoms with van der Waals surface area (Å²) < 4.78 is 0. The van der Waals surface area contributed by atoms with Crippen molar-refractivity contribution in [1.82, 2.24) is 10.2 Å². The highest BCUT2D eigenvalue weighted by molar-refractivity contribution is 5.73. The fourth-order valence-electron chi connectivity index (χ4n) is 0.980. The lowest BCUT2D eigenvalue weighted by molar-refractivity contribution is -0.129. The molecule has 4 heteroatoms. The van der Waals surface area contributed by atoms with E-state index in [0.29, 0.717) is 0 Å². The Hall–Kier alpha value is -0.610. The van der Waals surface area contributed by atoms with Crippen molar-refractivity contribution in [3.8, 4) is 0 Å². The summed E-state index contributed by atoms with van der Waals surface area (Å²) in [6.45, 7) is 5.25. The van der Waals surface area contributed by atoms with Crippen LogP contribution in [0.2, 0.25) is 0 Å². The second kappa shape index (κ2) is 6.12. The maximum absolute atomic E-state index is 10.7. The van der Waals surface area contributed by atoms with Crippen molar-refractivity contribution >= 4 is 5.91 Å². The van der Waals surface area contributed by atoms with Crippen LogP contribution in [0.4, 0.5) is 0 Å². The third-order valence-corrected chi connectivity index (χ3v) is 1.56. The van der Waals surface area contributed by atoms with Gasteiger partial charge in [0.2, 0.25) is 5.91 Å². The molecular formula is C7H16N2O2. The lowest BCUT2D eigenvalue weighted by Crippen LogP contribution is -2.45. The minimum Gasteiger partial charge on any atom is -0.400 e.